The molecule has 3 heterocycles. The van der Waals surface area contributed by atoms with Gasteiger partial charge in [0, 0.05) is 36.3 Å². The predicted octanol–water partition coefficient (Wildman–Crippen LogP) is 4.69. The van der Waals surface area contributed by atoms with Crippen LogP contribution in [-0.4, -0.2) is 30.0 Å². The molecule has 5 nitrogen and oxygen atoms in total. The van der Waals surface area contributed by atoms with Gasteiger partial charge in [-0.2, -0.15) is 13.2 Å². The van der Waals surface area contributed by atoms with Crippen molar-refractivity contribution in [3.05, 3.63) is 59.2 Å². The number of furan rings is 1. The summed E-state index contributed by atoms with van der Waals surface area (Å²) in [6.07, 6.45) is -2.39. The molecule has 0 unspecified atom stereocenters. The van der Waals surface area contributed by atoms with Crippen molar-refractivity contribution >= 4 is 22.7 Å². The molecule has 158 valence electrons. The van der Waals surface area contributed by atoms with Crippen LogP contribution in [0.15, 0.2) is 40.9 Å². The molecule has 1 amide bonds. The number of pyridine rings is 1. The Hall–Kier alpha value is -3.10. The van der Waals surface area contributed by atoms with Gasteiger partial charge >= 0.3 is 6.18 Å². The Labute approximate surface area is 169 Å². The quantitative estimate of drug-likeness (QED) is 0.624. The van der Waals surface area contributed by atoms with Gasteiger partial charge in [-0.25, -0.2) is 9.37 Å². The van der Waals surface area contributed by atoms with Crippen molar-refractivity contribution in [2.45, 2.75) is 32.0 Å². The van der Waals surface area contributed by atoms with E-state index in [1.807, 2.05) is 4.90 Å². The van der Waals surface area contributed by atoms with Gasteiger partial charge in [-0.3, -0.25) is 4.79 Å². The van der Waals surface area contributed by atoms with Crippen LogP contribution in [0.3, 0.4) is 0 Å². The summed E-state index contributed by atoms with van der Waals surface area (Å²) in [4.78, 5) is 18.4. The molecule has 1 fully saturated rings. The molecule has 0 bridgehead atoms. The van der Waals surface area contributed by atoms with Gasteiger partial charge in [0.15, 0.2) is 17.2 Å². The first-order valence-corrected chi connectivity index (χ1v) is 9.50. The van der Waals surface area contributed by atoms with Gasteiger partial charge in [-0.15, -0.1) is 0 Å². The molecule has 0 saturated carbocycles. The Bertz CT molecular complexity index is 1070. The summed E-state index contributed by atoms with van der Waals surface area (Å²) in [6.45, 7) is 2.78. The van der Waals surface area contributed by atoms with E-state index in [-0.39, 0.29) is 17.4 Å². The maximum Gasteiger partial charge on any atom is 0.417 e. The fraction of sp³-hybridized carbons (Fsp3) is 0.333. The predicted molar refractivity (Wildman–Crippen MR) is 103 cm³/mol. The minimum absolute atomic E-state index is 0.0587. The molecule has 0 spiro atoms. The molecule has 4 rings (SSSR count). The molecular weight excluding hydrogens is 402 g/mol. The summed E-state index contributed by atoms with van der Waals surface area (Å²) < 4.78 is 57.4. The summed E-state index contributed by atoms with van der Waals surface area (Å²) in [7, 11) is 0. The number of alkyl halides is 3. The third kappa shape index (κ3) is 3.83. The van der Waals surface area contributed by atoms with E-state index in [0.717, 1.165) is 12.3 Å². The molecule has 1 saturated heterocycles. The number of anilines is 1. The van der Waals surface area contributed by atoms with Crippen molar-refractivity contribution in [2.24, 2.45) is 0 Å². The lowest BCUT2D eigenvalue weighted by atomic mass is 10.0. The Morgan fingerprint density at radius 1 is 1.20 bits per heavy atom. The van der Waals surface area contributed by atoms with Gasteiger partial charge in [0.25, 0.3) is 5.91 Å². The van der Waals surface area contributed by atoms with Gasteiger partial charge in [-0.1, -0.05) is 12.1 Å². The zero-order chi connectivity index (χ0) is 21.5. The van der Waals surface area contributed by atoms with Crippen LogP contribution >= 0.6 is 0 Å². The maximum absolute atomic E-state index is 13.9. The summed E-state index contributed by atoms with van der Waals surface area (Å²) in [6, 6.07) is 6.78. The summed E-state index contributed by atoms with van der Waals surface area (Å²) >= 11 is 0. The highest BCUT2D eigenvalue weighted by Gasteiger charge is 2.31. The standard InChI is InChI=1S/C21H19F4N3O2/c1-12-15-3-2-4-16(22)19(15)30-18(12)20(29)27-14-7-9-28(10-8-14)17-6-5-13(11-26-17)21(23,24)25/h2-6,11,14H,7-10H2,1H3,(H,27,29). The lowest BCUT2D eigenvalue weighted by Crippen LogP contribution is -2.45. The summed E-state index contributed by atoms with van der Waals surface area (Å²) in [5.74, 6) is -0.375. The molecular formula is C21H19F4N3O2. The second-order valence-electron chi connectivity index (χ2n) is 7.31. The van der Waals surface area contributed by atoms with Gasteiger partial charge < -0.3 is 14.6 Å². The summed E-state index contributed by atoms with van der Waals surface area (Å²) in [5.41, 5.74) is -0.150. The normalized spacial score (nSPS) is 15.6. The third-order valence-corrected chi connectivity index (χ3v) is 5.35. The highest BCUT2D eigenvalue weighted by molar-refractivity contribution is 5.99. The molecule has 0 atom stereocenters. The highest BCUT2D eigenvalue weighted by atomic mass is 19.4. The Morgan fingerprint density at radius 3 is 2.53 bits per heavy atom. The van der Waals surface area contributed by atoms with Crippen LogP contribution in [0.1, 0.15) is 34.5 Å². The number of hydrogen-bond acceptors (Lipinski definition) is 4. The van der Waals surface area contributed by atoms with E-state index < -0.39 is 23.5 Å². The second kappa shape index (κ2) is 7.62. The number of amides is 1. The van der Waals surface area contributed by atoms with Crippen molar-refractivity contribution in [3.8, 4) is 0 Å². The molecule has 1 aromatic carbocycles. The smallest absolute Gasteiger partial charge is 0.417 e. The molecule has 1 aliphatic rings. The van der Waals surface area contributed by atoms with E-state index in [1.54, 1.807) is 19.1 Å². The van der Waals surface area contributed by atoms with E-state index in [4.69, 9.17) is 4.42 Å². The number of nitrogens with one attached hydrogen (secondary N) is 1. The number of hydrogen-bond donors (Lipinski definition) is 1. The van der Waals surface area contributed by atoms with Crippen LogP contribution < -0.4 is 10.2 Å². The van der Waals surface area contributed by atoms with E-state index in [9.17, 15) is 22.4 Å². The Balaban J connectivity index is 1.39. The lowest BCUT2D eigenvalue weighted by molar-refractivity contribution is -0.137. The maximum atomic E-state index is 13.9. The topological polar surface area (TPSA) is 58.4 Å². The van der Waals surface area contributed by atoms with Crippen molar-refractivity contribution in [1.29, 1.82) is 0 Å². The average molecular weight is 421 g/mol. The first-order chi connectivity index (χ1) is 14.2. The first kappa shape index (κ1) is 20.2. The van der Waals surface area contributed by atoms with Crippen LogP contribution in [0.5, 0.6) is 0 Å². The number of rotatable bonds is 3. The van der Waals surface area contributed by atoms with E-state index >= 15 is 0 Å². The molecule has 0 aliphatic carbocycles. The van der Waals surface area contributed by atoms with Gasteiger partial charge in [0.05, 0.1) is 5.56 Å². The molecule has 3 aromatic rings. The number of aryl methyl sites for hydroxylation is 1. The second-order valence-corrected chi connectivity index (χ2v) is 7.31. The number of fused-ring (bicyclic) bond motifs is 1. The molecule has 9 heteroatoms. The van der Waals surface area contributed by atoms with E-state index in [2.05, 4.69) is 10.3 Å². The van der Waals surface area contributed by atoms with Crippen molar-refractivity contribution < 1.29 is 26.8 Å². The van der Waals surface area contributed by atoms with Crippen molar-refractivity contribution in [2.75, 3.05) is 18.0 Å². The number of piperidine rings is 1. The van der Waals surface area contributed by atoms with Gasteiger partial charge in [0.1, 0.15) is 5.82 Å². The fourth-order valence-corrected chi connectivity index (χ4v) is 3.67. The number of halogens is 4. The van der Waals surface area contributed by atoms with Crippen molar-refractivity contribution in [3.63, 3.8) is 0 Å². The third-order valence-electron chi connectivity index (χ3n) is 5.35. The average Bonchev–Trinajstić information content (AvgIpc) is 3.06. The minimum atomic E-state index is -4.42. The number of carbonyl (C=O) groups is 1. The molecule has 2 aromatic heterocycles. The number of benzene rings is 1. The minimum Gasteiger partial charge on any atom is -0.448 e. The first-order valence-electron chi connectivity index (χ1n) is 9.50. The zero-order valence-corrected chi connectivity index (χ0v) is 16.1. The Morgan fingerprint density at radius 2 is 1.93 bits per heavy atom. The SMILES string of the molecule is Cc1c(C(=O)NC2CCN(c3ccc(C(F)(F)F)cn3)CC2)oc2c(F)cccc12. The number of aromatic nitrogens is 1. The van der Waals surface area contributed by atoms with Crippen molar-refractivity contribution in [1.82, 2.24) is 10.3 Å². The van der Waals surface area contributed by atoms with Crippen LogP contribution in [0.4, 0.5) is 23.4 Å². The fourth-order valence-electron chi connectivity index (χ4n) is 3.67. The zero-order valence-electron chi connectivity index (χ0n) is 16.1. The molecule has 1 N–H and O–H groups in total. The number of carbonyl (C=O) groups excluding carboxylic acids is 1. The summed E-state index contributed by atoms with van der Waals surface area (Å²) in [5, 5.41) is 3.47. The lowest BCUT2D eigenvalue weighted by Gasteiger charge is -2.33. The molecule has 0 radical (unpaired) electrons. The highest BCUT2D eigenvalue weighted by Crippen LogP contribution is 2.30. The number of nitrogens with zero attached hydrogens (tertiary/aromatic N) is 2. The van der Waals surface area contributed by atoms with Gasteiger partial charge in [0.2, 0.25) is 0 Å². The van der Waals surface area contributed by atoms with E-state index in [0.29, 0.717) is 42.7 Å². The van der Waals surface area contributed by atoms with Crippen LogP contribution in [0.2, 0.25) is 0 Å². The number of para-hydroxylation sites is 1. The largest absolute Gasteiger partial charge is 0.448 e. The Kier molecular flexibility index (Phi) is 5.13. The molecule has 30 heavy (non-hydrogen) atoms. The van der Waals surface area contributed by atoms with Crippen LogP contribution in [0.25, 0.3) is 11.0 Å². The van der Waals surface area contributed by atoms with Crippen LogP contribution in [-0.2, 0) is 6.18 Å². The van der Waals surface area contributed by atoms with Gasteiger partial charge in [-0.05, 0) is 38.0 Å². The molecule has 1 aliphatic heterocycles. The monoisotopic (exact) mass is 421 g/mol. The van der Waals surface area contributed by atoms with Crippen LogP contribution in [0, 0.1) is 12.7 Å². The van der Waals surface area contributed by atoms with E-state index in [1.165, 1.54) is 12.1 Å².